The third kappa shape index (κ3) is 3.26. The normalized spacial score (nSPS) is 16.7. The van der Waals surface area contributed by atoms with Crippen molar-refractivity contribution in [2.24, 2.45) is 0 Å². The molecule has 3 rings (SSSR count). The summed E-state index contributed by atoms with van der Waals surface area (Å²) >= 11 is 0. The van der Waals surface area contributed by atoms with Crippen molar-refractivity contribution in [3.8, 4) is 11.4 Å². The smallest absolute Gasteiger partial charge is 0.211 e. The van der Waals surface area contributed by atoms with Crippen LogP contribution in [-0.4, -0.2) is 55.1 Å². The number of hydrogen-bond acceptors (Lipinski definition) is 5. The fourth-order valence-electron chi connectivity index (χ4n) is 2.50. The van der Waals surface area contributed by atoms with Gasteiger partial charge in [-0.25, -0.2) is 18.4 Å². The molecule has 2 aromatic rings. The average Bonchev–Trinajstić information content (AvgIpc) is 2.55. The van der Waals surface area contributed by atoms with Gasteiger partial charge in [0, 0.05) is 37.9 Å². The van der Waals surface area contributed by atoms with E-state index in [4.69, 9.17) is 0 Å². The Labute approximate surface area is 130 Å². The average molecular weight is 318 g/mol. The summed E-state index contributed by atoms with van der Waals surface area (Å²) in [5.74, 6) is 1.52. The number of nitrogens with zero attached hydrogens (tertiary/aromatic N) is 4. The van der Waals surface area contributed by atoms with E-state index in [0.29, 0.717) is 32.0 Å². The molecule has 7 heteroatoms. The summed E-state index contributed by atoms with van der Waals surface area (Å²) in [5.41, 5.74) is 0.971. The summed E-state index contributed by atoms with van der Waals surface area (Å²) in [5, 5.41) is 0. The Morgan fingerprint density at radius 1 is 1.00 bits per heavy atom. The van der Waals surface area contributed by atoms with Crippen LogP contribution in [0.2, 0.25) is 0 Å². The second-order valence-electron chi connectivity index (χ2n) is 5.25. The quantitative estimate of drug-likeness (QED) is 0.851. The van der Waals surface area contributed by atoms with Crippen LogP contribution in [0.4, 0.5) is 5.82 Å². The van der Waals surface area contributed by atoms with Crippen molar-refractivity contribution < 1.29 is 8.42 Å². The second-order valence-corrected chi connectivity index (χ2v) is 7.24. The van der Waals surface area contributed by atoms with Crippen LogP contribution in [0.3, 0.4) is 0 Å². The van der Waals surface area contributed by atoms with Crippen LogP contribution in [0.5, 0.6) is 0 Å². The Kier molecular flexibility index (Phi) is 4.08. The molecule has 1 aromatic carbocycles. The van der Waals surface area contributed by atoms with Crippen molar-refractivity contribution in [3.05, 3.63) is 42.6 Å². The fourth-order valence-corrected chi connectivity index (χ4v) is 3.33. The molecule has 0 bridgehead atoms. The highest BCUT2D eigenvalue weighted by molar-refractivity contribution is 7.88. The fraction of sp³-hybridized carbons (Fsp3) is 0.333. The molecule has 0 unspecified atom stereocenters. The Hall–Kier alpha value is -1.99. The molecule has 1 aromatic heterocycles. The maximum atomic E-state index is 11.6. The molecule has 0 aliphatic carbocycles. The number of sulfonamides is 1. The number of anilines is 1. The predicted molar refractivity (Wildman–Crippen MR) is 86.1 cm³/mol. The first-order chi connectivity index (χ1) is 10.5. The minimum absolute atomic E-state index is 0.490. The zero-order valence-electron chi connectivity index (χ0n) is 12.4. The van der Waals surface area contributed by atoms with Gasteiger partial charge in [0.2, 0.25) is 10.0 Å². The molecule has 2 heterocycles. The SMILES string of the molecule is CS(=O)(=O)N1CCN(c2ccnc(-c3ccccc3)n2)CC1. The van der Waals surface area contributed by atoms with E-state index in [1.165, 1.54) is 10.6 Å². The number of piperazine rings is 1. The molecule has 116 valence electrons. The van der Waals surface area contributed by atoms with Gasteiger partial charge >= 0.3 is 0 Å². The number of benzene rings is 1. The van der Waals surface area contributed by atoms with Gasteiger partial charge in [0.1, 0.15) is 5.82 Å². The summed E-state index contributed by atoms with van der Waals surface area (Å²) in [6.45, 7) is 2.25. The zero-order valence-corrected chi connectivity index (χ0v) is 13.2. The van der Waals surface area contributed by atoms with Gasteiger partial charge in [-0.1, -0.05) is 30.3 Å². The molecule has 0 saturated carbocycles. The first-order valence-electron chi connectivity index (χ1n) is 7.12. The third-order valence-electron chi connectivity index (χ3n) is 3.70. The summed E-state index contributed by atoms with van der Waals surface area (Å²) in [4.78, 5) is 11.0. The van der Waals surface area contributed by atoms with E-state index in [2.05, 4.69) is 14.9 Å². The summed E-state index contributed by atoms with van der Waals surface area (Å²) in [6.07, 6.45) is 2.99. The van der Waals surface area contributed by atoms with Crippen LogP contribution >= 0.6 is 0 Å². The van der Waals surface area contributed by atoms with Crippen molar-refractivity contribution >= 4 is 15.8 Å². The third-order valence-corrected chi connectivity index (χ3v) is 5.01. The van der Waals surface area contributed by atoms with Crippen molar-refractivity contribution in [1.29, 1.82) is 0 Å². The summed E-state index contributed by atoms with van der Waals surface area (Å²) in [6, 6.07) is 11.7. The molecule has 0 atom stereocenters. The Morgan fingerprint density at radius 2 is 1.68 bits per heavy atom. The number of hydrogen-bond donors (Lipinski definition) is 0. The maximum Gasteiger partial charge on any atom is 0.211 e. The molecule has 1 aliphatic heterocycles. The molecule has 22 heavy (non-hydrogen) atoms. The lowest BCUT2D eigenvalue weighted by Crippen LogP contribution is -2.48. The van der Waals surface area contributed by atoms with Crippen molar-refractivity contribution in [2.45, 2.75) is 0 Å². The van der Waals surface area contributed by atoms with E-state index >= 15 is 0 Å². The first kappa shape index (κ1) is 14.9. The lowest BCUT2D eigenvalue weighted by Gasteiger charge is -2.34. The Bertz CT molecular complexity index is 741. The van der Waals surface area contributed by atoms with Gasteiger partial charge in [-0.05, 0) is 6.07 Å². The Morgan fingerprint density at radius 3 is 2.32 bits per heavy atom. The minimum Gasteiger partial charge on any atom is -0.354 e. The summed E-state index contributed by atoms with van der Waals surface area (Å²) < 4.78 is 24.6. The van der Waals surface area contributed by atoms with Crippen LogP contribution in [0.15, 0.2) is 42.6 Å². The van der Waals surface area contributed by atoms with E-state index in [-0.39, 0.29) is 0 Å². The van der Waals surface area contributed by atoms with E-state index in [1.54, 1.807) is 6.20 Å². The second kappa shape index (κ2) is 6.02. The lowest BCUT2D eigenvalue weighted by molar-refractivity contribution is 0.387. The lowest BCUT2D eigenvalue weighted by atomic mass is 10.2. The molecule has 0 N–H and O–H groups in total. The highest BCUT2D eigenvalue weighted by Gasteiger charge is 2.24. The minimum atomic E-state index is -3.11. The standard InChI is InChI=1S/C15H18N4O2S/c1-22(20,21)19-11-9-18(10-12-19)14-7-8-16-15(17-14)13-5-3-2-4-6-13/h2-8H,9-12H2,1H3. The van der Waals surface area contributed by atoms with E-state index in [9.17, 15) is 8.42 Å². The Balaban J connectivity index is 1.77. The maximum absolute atomic E-state index is 11.6. The highest BCUT2D eigenvalue weighted by atomic mass is 32.2. The van der Waals surface area contributed by atoms with Gasteiger partial charge in [0.05, 0.1) is 6.26 Å². The molecular weight excluding hydrogens is 300 g/mol. The van der Waals surface area contributed by atoms with E-state index in [0.717, 1.165) is 11.4 Å². The molecular formula is C15H18N4O2S. The van der Waals surface area contributed by atoms with Crippen molar-refractivity contribution in [1.82, 2.24) is 14.3 Å². The molecule has 0 radical (unpaired) electrons. The predicted octanol–water partition coefficient (Wildman–Crippen LogP) is 1.23. The molecule has 6 nitrogen and oxygen atoms in total. The zero-order chi connectivity index (χ0) is 15.6. The van der Waals surface area contributed by atoms with Gasteiger partial charge in [0.15, 0.2) is 5.82 Å². The van der Waals surface area contributed by atoms with Crippen LogP contribution in [-0.2, 0) is 10.0 Å². The molecule has 0 spiro atoms. The van der Waals surface area contributed by atoms with Crippen LogP contribution in [0.25, 0.3) is 11.4 Å². The summed E-state index contributed by atoms with van der Waals surface area (Å²) in [7, 11) is -3.11. The van der Waals surface area contributed by atoms with Gasteiger partial charge in [-0.3, -0.25) is 0 Å². The van der Waals surface area contributed by atoms with Gasteiger partial charge in [-0.15, -0.1) is 0 Å². The largest absolute Gasteiger partial charge is 0.354 e. The first-order valence-corrected chi connectivity index (χ1v) is 8.97. The van der Waals surface area contributed by atoms with Gasteiger partial charge in [0.25, 0.3) is 0 Å². The van der Waals surface area contributed by atoms with E-state index in [1.807, 2.05) is 36.4 Å². The van der Waals surface area contributed by atoms with Crippen LogP contribution in [0, 0.1) is 0 Å². The molecule has 1 saturated heterocycles. The molecule has 1 fully saturated rings. The topological polar surface area (TPSA) is 66.4 Å². The van der Waals surface area contributed by atoms with E-state index < -0.39 is 10.0 Å². The van der Waals surface area contributed by atoms with Gasteiger partial charge in [-0.2, -0.15) is 4.31 Å². The van der Waals surface area contributed by atoms with Crippen LogP contribution < -0.4 is 4.90 Å². The van der Waals surface area contributed by atoms with Gasteiger partial charge < -0.3 is 4.90 Å². The van der Waals surface area contributed by atoms with Crippen LogP contribution in [0.1, 0.15) is 0 Å². The number of rotatable bonds is 3. The monoisotopic (exact) mass is 318 g/mol. The number of aromatic nitrogens is 2. The molecule has 1 aliphatic rings. The van der Waals surface area contributed by atoms with Crippen molar-refractivity contribution in [2.75, 3.05) is 37.3 Å². The molecule has 0 amide bonds. The van der Waals surface area contributed by atoms with Crippen molar-refractivity contribution in [3.63, 3.8) is 0 Å². The highest BCUT2D eigenvalue weighted by Crippen LogP contribution is 2.19.